The molecule has 1 saturated heterocycles. The Balaban J connectivity index is 2.38. The monoisotopic (exact) mass is 338 g/mol. The maximum Gasteiger partial charge on any atom is 0.319 e. The van der Waals surface area contributed by atoms with Crippen molar-refractivity contribution in [3.05, 3.63) is 24.4 Å². The van der Waals surface area contributed by atoms with E-state index in [-0.39, 0.29) is 23.6 Å². The Morgan fingerprint density at radius 1 is 1.46 bits per heavy atom. The first-order valence-electron chi connectivity index (χ1n) is 7.37. The summed E-state index contributed by atoms with van der Waals surface area (Å²) in [7, 11) is 4.26. The molecule has 24 heavy (non-hydrogen) atoms. The highest BCUT2D eigenvalue weighted by Crippen LogP contribution is 2.34. The Labute approximate surface area is 140 Å². The Bertz CT molecular complexity index is 589. The van der Waals surface area contributed by atoms with Gasteiger partial charge in [0.05, 0.1) is 19.9 Å². The number of nitrogens with one attached hydrogen (secondary N) is 2. The van der Waals surface area contributed by atoms with E-state index in [1.165, 1.54) is 27.4 Å². The predicted octanol–water partition coefficient (Wildman–Crippen LogP) is 0.517. The molecular weight excluding hydrogens is 316 g/mol. The van der Waals surface area contributed by atoms with E-state index in [9.17, 15) is 9.90 Å². The summed E-state index contributed by atoms with van der Waals surface area (Å²) in [4.78, 5) is 20.1. The molecule has 1 aliphatic heterocycles. The van der Waals surface area contributed by atoms with Crippen LogP contribution in [0, 0.1) is 0 Å². The maximum absolute atomic E-state index is 12.0. The number of ether oxygens (including phenoxy) is 3. The minimum absolute atomic E-state index is 0.0394. The molecule has 2 heterocycles. The van der Waals surface area contributed by atoms with Crippen LogP contribution in [0.4, 0.5) is 4.79 Å². The maximum atomic E-state index is 12.0. The molecule has 3 N–H and O–H groups in total. The van der Waals surface area contributed by atoms with Gasteiger partial charge in [-0.1, -0.05) is 6.08 Å². The fourth-order valence-corrected chi connectivity index (χ4v) is 2.65. The number of methoxy groups -OCH3 is 3. The van der Waals surface area contributed by atoms with Crippen LogP contribution >= 0.6 is 0 Å². The average molecular weight is 338 g/mol. The van der Waals surface area contributed by atoms with E-state index in [1.807, 2.05) is 0 Å². The molecule has 1 aromatic heterocycles. The molecule has 0 aromatic carbocycles. The molecule has 0 aliphatic carbocycles. The number of aromatic nitrogens is 2. The number of hydrogen-bond acceptors (Lipinski definition) is 7. The number of nitrogens with zero attached hydrogens (tertiary/aromatic N) is 2. The predicted molar refractivity (Wildman–Crippen MR) is 84.7 cm³/mol. The van der Waals surface area contributed by atoms with Crippen molar-refractivity contribution < 1.29 is 24.1 Å². The van der Waals surface area contributed by atoms with Gasteiger partial charge in [-0.05, 0) is 6.42 Å². The van der Waals surface area contributed by atoms with Gasteiger partial charge >= 0.3 is 12.0 Å². The van der Waals surface area contributed by atoms with Gasteiger partial charge in [0.15, 0.2) is 5.72 Å². The number of urea groups is 1. The number of hydrogen-bond donors (Lipinski definition) is 3. The number of carbonyl (C=O) groups excluding carboxylic acids is 1. The molecule has 0 saturated carbocycles. The third kappa shape index (κ3) is 3.57. The van der Waals surface area contributed by atoms with Crippen LogP contribution < -0.4 is 20.1 Å². The van der Waals surface area contributed by atoms with E-state index in [1.54, 1.807) is 6.08 Å². The van der Waals surface area contributed by atoms with Crippen LogP contribution in [0.25, 0.3) is 0 Å². The highest BCUT2D eigenvalue weighted by Gasteiger charge is 2.46. The van der Waals surface area contributed by atoms with E-state index in [0.717, 1.165) is 0 Å². The molecule has 1 aliphatic rings. The van der Waals surface area contributed by atoms with Crippen LogP contribution in [0.3, 0.4) is 0 Å². The second-order valence-electron chi connectivity index (χ2n) is 5.34. The van der Waals surface area contributed by atoms with Crippen molar-refractivity contribution in [2.75, 3.05) is 21.3 Å². The lowest BCUT2D eigenvalue weighted by molar-refractivity contribution is -0.136. The topological polar surface area (TPSA) is 115 Å². The number of aliphatic hydroxyl groups excluding tert-OH is 1. The highest BCUT2D eigenvalue weighted by molar-refractivity contribution is 5.76. The van der Waals surface area contributed by atoms with Crippen molar-refractivity contribution in [1.82, 2.24) is 20.6 Å². The summed E-state index contributed by atoms with van der Waals surface area (Å²) in [5.41, 5.74) is -1.14. The van der Waals surface area contributed by atoms with Gasteiger partial charge in [-0.25, -0.2) is 4.79 Å². The van der Waals surface area contributed by atoms with Gasteiger partial charge in [0, 0.05) is 25.6 Å². The molecule has 1 aromatic rings. The molecule has 1 fully saturated rings. The molecule has 2 amide bonds. The summed E-state index contributed by atoms with van der Waals surface area (Å²) in [6.07, 6.45) is 1.30. The fraction of sp³-hybridized carbons (Fsp3) is 0.533. The van der Waals surface area contributed by atoms with E-state index in [2.05, 4.69) is 27.2 Å². The highest BCUT2D eigenvalue weighted by atomic mass is 16.5. The average Bonchev–Trinajstić information content (AvgIpc) is 2.60. The summed E-state index contributed by atoms with van der Waals surface area (Å²) in [6.45, 7) is 3.67. The molecule has 0 radical (unpaired) electrons. The van der Waals surface area contributed by atoms with E-state index in [0.29, 0.717) is 12.8 Å². The second-order valence-corrected chi connectivity index (χ2v) is 5.34. The lowest BCUT2D eigenvalue weighted by atomic mass is 9.91. The summed E-state index contributed by atoms with van der Waals surface area (Å²) in [5, 5.41) is 16.3. The Hall–Kier alpha value is -2.39. The first-order chi connectivity index (χ1) is 11.5. The number of rotatable bonds is 7. The summed E-state index contributed by atoms with van der Waals surface area (Å²) >= 11 is 0. The largest absolute Gasteiger partial charge is 0.481 e. The molecule has 3 unspecified atom stereocenters. The van der Waals surface area contributed by atoms with Crippen LogP contribution in [0.1, 0.15) is 24.6 Å². The quantitative estimate of drug-likeness (QED) is 0.621. The standard InChI is InChI=1S/C15H22N4O5/c1-5-6-9-8-15(24-4,19-13(21)16-9)12(20)10-7-11(22-2)18-14(17-10)23-3/h5,7,9,12,20H,1,6,8H2,2-4H3,(H2,16,19,21). The van der Waals surface area contributed by atoms with Crippen LogP contribution in [-0.2, 0) is 4.74 Å². The Morgan fingerprint density at radius 3 is 2.79 bits per heavy atom. The molecule has 0 spiro atoms. The van der Waals surface area contributed by atoms with Gasteiger partial charge in [0.1, 0.15) is 6.10 Å². The SMILES string of the molecule is C=CCC1CC(OC)(C(O)c2cc(OC)nc(OC)n2)NC(=O)N1. The van der Waals surface area contributed by atoms with Gasteiger partial charge in [-0.15, -0.1) is 6.58 Å². The number of aliphatic hydroxyl groups is 1. The minimum Gasteiger partial charge on any atom is -0.481 e. The molecule has 9 heteroatoms. The van der Waals surface area contributed by atoms with Crippen molar-refractivity contribution >= 4 is 6.03 Å². The van der Waals surface area contributed by atoms with Crippen molar-refractivity contribution in [2.24, 2.45) is 0 Å². The summed E-state index contributed by atoms with van der Waals surface area (Å²) in [6, 6.07) is 0.834. The van der Waals surface area contributed by atoms with E-state index in [4.69, 9.17) is 14.2 Å². The van der Waals surface area contributed by atoms with Gasteiger partial charge in [-0.2, -0.15) is 9.97 Å². The van der Waals surface area contributed by atoms with Crippen molar-refractivity contribution in [1.29, 1.82) is 0 Å². The second kappa shape index (κ2) is 7.45. The molecule has 132 valence electrons. The zero-order valence-electron chi connectivity index (χ0n) is 13.9. The van der Waals surface area contributed by atoms with Gasteiger partial charge in [0.2, 0.25) is 5.88 Å². The van der Waals surface area contributed by atoms with Gasteiger partial charge in [-0.3, -0.25) is 0 Å². The normalized spacial score (nSPS) is 24.5. The zero-order valence-corrected chi connectivity index (χ0v) is 13.9. The molecular formula is C15H22N4O5. The smallest absolute Gasteiger partial charge is 0.319 e. The lowest BCUT2D eigenvalue weighted by Gasteiger charge is -2.43. The lowest BCUT2D eigenvalue weighted by Crippen LogP contribution is -2.65. The van der Waals surface area contributed by atoms with Gasteiger partial charge < -0.3 is 30.0 Å². The first-order valence-corrected chi connectivity index (χ1v) is 7.37. The minimum atomic E-state index is -1.35. The van der Waals surface area contributed by atoms with E-state index >= 15 is 0 Å². The van der Waals surface area contributed by atoms with Crippen molar-refractivity contribution in [3.63, 3.8) is 0 Å². The zero-order chi connectivity index (χ0) is 17.7. The summed E-state index contributed by atoms with van der Waals surface area (Å²) < 4.78 is 15.6. The summed E-state index contributed by atoms with van der Waals surface area (Å²) in [5.74, 6) is 0.227. The van der Waals surface area contributed by atoms with Crippen molar-refractivity contribution in [2.45, 2.75) is 30.7 Å². The third-order valence-corrected chi connectivity index (χ3v) is 3.84. The molecule has 0 bridgehead atoms. The number of carbonyl (C=O) groups is 1. The molecule has 3 atom stereocenters. The number of amides is 2. The molecule has 2 rings (SSSR count). The van der Waals surface area contributed by atoms with Crippen molar-refractivity contribution in [3.8, 4) is 11.9 Å². The van der Waals surface area contributed by atoms with Gasteiger partial charge in [0.25, 0.3) is 0 Å². The third-order valence-electron chi connectivity index (χ3n) is 3.84. The fourth-order valence-electron chi connectivity index (χ4n) is 2.65. The Morgan fingerprint density at radius 2 is 2.21 bits per heavy atom. The van der Waals surface area contributed by atoms with Crippen LogP contribution in [0.15, 0.2) is 18.7 Å². The molecule has 9 nitrogen and oxygen atoms in total. The van der Waals surface area contributed by atoms with Crippen LogP contribution in [0.2, 0.25) is 0 Å². The van der Waals surface area contributed by atoms with Crippen LogP contribution in [0.5, 0.6) is 11.9 Å². The Kier molecular flexibility index (Phi) is 5.58. The van der Waals surface area contributed by atoms with E-state index < -0.39 is 17.9 Å². The van der Waals surface area contributed by atoms with Crippen LogP contribution in [-0.4, -0.2) is 54.2 Å². The first kappa shape index (κ1) is 18.0.